The van der Waals surface area contributed by atoms with E-state index in [1.54, 1.807) is 18.2 Å². The molecule has 0 radical (unpaired) electrons. The number of allylic oxidation sites excluding steroid dienone is 1. The minimum Gasteiger partial charge on any atom is -0.497 e. The summed E-state index contributed by atoms with van der Waals surface area (Å²) in [6, 6.07) is 4.97. The van der Waals surface area contributed by atoms with E-state index in [4.69, 9.17) is 24.7 Å². The molecular weight excluding hydrogens is 556 g/mol. The highest BCUT2D eigenvalue weighted by molar-refractivity contribution is 5.96. The van der Waals surface area contributed by atoms with Crippen LogP contribution >= 0.6 is 0 Å². The smallest absolute Gasteiger partial charge is 0.356 e. The van der Waals surface area contributed by atoms with Crippen LogP contribution in [0.4, 0.5) is 0 Å². The van der Waals surface area contributed by atoms with Gasteiger partial charge in [0.1, 0.15) is 29.2 Å². The van der Waals surface area contributed by atoms with Crippen LogP contribution in [0.1, 0.15) is 55.4 Å². The van der Waals surface area contributed by atoms with Crippen molar-refractivity contribution >= 4 is 34.7 Å². The molecule has 3 aliphatic rings. The van der Waals surface area contributed by atoms with Gasteiger partial charge in [-0.05, 0) is 37.8 Å². The van der Waals surface area contributed by atoms with E-state index in [0.717, 1.165) is 25.7 Å². The molecule has 1 saturated carbocycles. The summed E-state index contributed by atoms with van der Waals surface area (Å²) in [4.78, 5) is 58.5. The molecule has 43 heavy (non-hydrogen) atoms. The zero-order valence-corrected chi connectivity index (χ0v) is 24.7. The van der Waals surface area contributed by atoms with E-state index in [1.165, 1.54) is 32.3 Å². The standard InChI is InChI=1S/C31H38N4O8/c1-40-19-11-12-21-23(13-19)33-24(29(38)41-2)15-26(21)43-20-14-25-27(36)34-31(30(39)42-3)16-18(31)9-7-5-4-6-8-10-22(32)28(37)35(25)17-20/h7,9,11-13,15,18,20,22,25H,4-6,8,10,14,16-17,32H2,1-3H3,(H,34,36)/b9-7-/t18-,20-,22+,25+,31-/m1/s1. The predicted molar refractivity (Wildman–Crippen MR) is 155 cm³/mol. The second kappa shape index (κ2) is 12.6. The number of rotatable bonds is 5. The summed E-state index contributed by atoms with van der Waals surface area (Å²) in [5, 5.41) is 3.53. The summed E-state index contributed by atoms with van der Waals surface area (Å²) >= 11 is 0. The molecule has 0 bridgehead atoms. The Morgan fingerprint density at radius 2 is 1.91 bits per heavy atom. The van der Waals surface area contributed by atoms with Crippen LogP contribution in [0.5, 0.6) is 11.5 Å². The van der Waals surface area contributed by atoms with Crippen molar-refractivity contribution in [3.05, 3.63) is 42.1 Å². The van der Waals surface area contributed by atoms with Crippen LogP contribution in [0.3, 0.4) is 0 Å². The molecule has 0 spiro atoms. The van der Waals surface area contributed by atoms with Gasteiger partial charge in [0.15, 0.2) is 5.69 Å². The lowest BCUT2D eigenvalue weighted by Crippen LogP contribution is -2.55. The molecule has 3 N–H and O–H groups in total. The van der Waals surface area contributed by atoms with Crippen LogP contribution in [0.2, 0.25) is 0 Å². The minimum absolute atomic E-state index is 0.0368. The van der Waals surface area contributed by atoms with Crippen LogP contribution in [0, 0.1) is 5.92 Å². The van der Waals surface area contributed by atoms with Gasteiger partial charge in [-0.15, -0.1) is 0 Å². The molecule has 2 amide bonds. The van der Waals surface area contributed by atoms with Gasteiger partial charge in [-0.1, -0.05) is 25.0 Å². The molecule has 1 aromatic heterocycles. The molecular formula is C31H38N4O8. The number of benzene rings is 1. The molecule has 12 nitrogen and oxygen atoms in total. The molecule has 5 rings (SSSR count). The topological polar surface area (TPSA) is 159 Å². The second-order valence-corrected chi connectivity index (χ2v) is 11.3. The lowest BCUT2D eigenvalue weighted by molar-refractivity contribution is -0.148. The van der Waals surface area contributed by atoms with Crippen molar-refractivity contribution in [1.82, 2.24) is 15.2 Å². The highest BCUT2D eigenvalue weighted by Crippen LogP contribution is 2.46. The van der Waals surface area contributed by atoms with Crippen molar-refractivity contribution in [2.24, 2.45) is 11.7 Å². The van der Waals surface area contributed by atoms with Crippen molar-refractivity contribution in [2.75, 3.05) is 27.9 Å². The largest absolute Gasteiger partial charge is 0.497 e. The maximum atomic E-state index is 13.8. The van der Waals surface area contributed by atoms with Crippen LogP contribution in [-0.2, 0) is 23.9 Å². The van der Waals surface area contributed by atoms with E-state index < -0.39 is 41.6 Å². The highest BCUT2D eigenvalue weighted by atomic mass is 16.5. The number of carbonyl (C=O) groups is 4. The Labute approximate surface area is 249 Å². The van der Waals surface area contributed by atoms with Crippen molar-refractivity contribution < 1.29 is 38.1 Å². The number of ether oxygens (including phenoxy) is 4. The molecule has 1 saturated heterocycles. The number of amides is 2. The number of fused-ring (bicyclic) bond motifs is 3. The third-order valence-electron chi connectivity index (χ3n) is 8.50. The van der Waals surface area contributed by atoms with E-state index in [2.05, 4.69) is 10.3 Å². The molecule has 2 aliphatic heterocycles. The Morgan fingerprint density at radius 1 is 1.09 bits per heavy atom. The molecule has 2 fully saturated rings. The number of esters is 2. The first-order chi connectivity index (χ1) is 20.7. The number of nitrogens with one attached hydrogen (secondary N) is 1. The summed E-state index contributed by atoms with van der Waals surface area (Å²) in [5.74, 6) is -1.28. The molecule has 1 aliphatic carbocycles. The maximum Gasteiger partial charge on any atom is 0.356 e. The number of nitrogens with zero attached hydrogens (tertiary/aromatic N) is 2. The van der Waals surface area contributed by atoms with Gasteiger partial charge in [-0.3, -0.25) is 9.59 Å². The van der Waals surface area contributed by atoms with Gasteiger partial charge in [0, 0.05) is 29.9 Å². The van der Waals surface area contributed by atoms with Crippen molar-refractivity contribution in [3.8, 4) is 11.5 Å². The average Bonchev–Trinajstić information content (AvgIpc) is 3.54. The van der Waals surface area contributed by atoms with Gasteiger partial charge in [0.25, 0.3) is 0 Å². The Morgan fingerprint density at radius 3 is 2.65 bits per heavy atom. The van der Waals surface area contributed by atoms with Gasteiger partial charge in [-0.2, -0.15) is 0 Å². The Bertz CT molecular complexity index is 1440. The maximum absolute atomic E-state index is 13.8. The lowest BCUT2D eigenvalue weighted by Gasteiger charge is -2.28. The first-order valence-electron chi connectivity index (χ1n) is 14.6. The molecule has 3 heterocycles. The third kappa shape index (κ3) is 6.15. The first-order valence-corrected chi connectivity index (χ1v) is 14.6. The number of hydrogen-bond acceptors (Lipinski definition) is 10. The van der Waals surface area contributed by atoms with Crippen molar-refractivity contribution in [3.63, 3.8) is 0 Å². The number of pyridine rings is 1. The fraction of sp³-hybridized carbons (Fsp3) is 0.516. The fourth-order valence-electron chi connectivity index (χ4n) is 6.00. The van der Waals surface area contributed by atoms with E-state index in [0.29, 0.717) is 35.2 Å². The van der Waals surface area contributed by atoms with Gasteiger partial charge in [0.2, 0.25) is 11.8 Å². The summed E-state index contributed by atoms with van der Waals surface area (Å²) in [5.41, 5.74) is 5.65. The fourth-order valence-corrected chi connectivity index (χ4v) is 6.00. The number of carbonyl (C=O) groups excluding carboxylic acids is 4. The second-order valence-electron chi connectivity index (χ2n) is 11.3. The summed E-state index contributed by atoms with van der Waals surface area (Å²) in [6.45, 7) is 0.0900. The molecule has 2 aromatic rings. The Kier molecular flexibility index (Phi) is 8.86. The van der Waals surface area contributed by atoms with Gasteiger partial charge >= 0.3 is 11.9 Å². The predicted octanol–water partition coefficient (Wildman–Crippen LogP) is 2.27. The summed E-state index contributed by atoms with van der Waals surface area (Å²) < 4.78 is 21.6. The quantitative estimate of drug-likeness (QED) is 0.388. The number of hydrogen-bond donors (Lipinski definition) is 2. The molecule has 230 valence electrons. The number of aromatic nitrogens is 1. The highest BCUT2D eigenvalue weighted by Gasteiger charge is 2.62. The zero-order valence-electron chi connectivity index (χ0n) is 24.7. The number of nitrogens with two attached hydrogens (primary N) is 1. The SMILES string of the molecule is COC(=O)c1cc(O[C@@H]2C[C@H]3C(=O)N[C@]4(C(=O)OC)C[C@H]4/C=C\CCCCC[C@H](N)C(=O)N3C2)c2ccc(OC)cc2n1. The van der Waals surface area contributed by atoms with Crippen molar-refractivity contribution in [1.29, 1.82) is 0 Å². The third-order valence-corrected chi connectivity index (χ3v) is 8.50. The lowest BCUT2D eigenvalue weighted by atomic mass is 10.1. The number of methoxy groups -OCH3 is 3. The minimum atomic E-state index is -1.17. The molecule has 12 heteroatoms. The van der Waals surface area contributed by atoms with Gasteiger partial charge in [-0.25, -0.2) is 14.6 Å². The van der Waals surface area contributed by atoms with Crippen LogP contribution in [-0.4, -0.2) is 85.2 Å². The zero-order chi connectivity index (χ0) is 30.7. The summed E-state index contributed by atoms with van der Waals surface area (Å²) in [7, 11) is 4.08. The monoisotopic (exact) mass is 594 g/mol. The van der Waals surface area contributed by atoms with Gasteiger partial charge in [0.05, 0.1) is 39.4 Å². The Balaban J connectivity index is 1.46. The molecule has 1 aromatic carbocycles. The van der Waals surface area contributed by atoms with Crippen molar-refractivity contribution in [2.45, 2.75) is 68.7 Å². The van der Waals surface area contributed by atoms with E-state index >= 15 is 0 Å². The van der Waals surface area contributed by atoms with E-state index in [9.17, 15) is 19.2 Å². The normalized spacial score (nSPS) is 28.4. The van der Waals surface area contributed by atoms with Crippen LogP contribution in [0.25, 0.3) is 10.9 Å². The van der Waals surface area contributed by atoms with Crippen LogP contribution < -0.4 is 20.5 Å². The molecule has 5 atom stereocenters. The van der Waals surface area contributed by atoms with E-state index in [1.807, 2.05) is 12.2 Å². The molecule has 0 unspecified atom stereocenters. The first kappa shape index (κ1) is 30.3. The van der Waals surface area contributed by atoms with Gasteiger partial charge < -0.3 is 34.9 Å². The average molecular weight is 595 g/mol. The summed E-state index contributed by atoms with van der Waals surface area (Å²) in [6.07, 6.45) is 7.91. The van der Waals surface area contributed by atoms with E-state index in [-0.39, 0.29) is 30.5 Å². The van der Waals surface area contributed by atoms with Crippen LogP contribution in [0.15, 0.2) is 36.4 Å². The Hall–Kier alpha value is -4.19.